The van der Waals surface area contributed by atoms with Gasteiger partial charge in [0.1, 0.15) is 48.0 Å². The Morgan fingerprint density at radius 1 is 0.744 bits per heavy atom. The highest BCUT2D eigenvalue weighted by Crippen LogP contribution is 2.26. The van der Waals surface area contributed by atoms with E-state index in [2.05, 4.69) is 42.2 Å². The van der Waals surface area contributed by atoms with Gasteiger partial charge in [0.25, 0.3) is 5.97 Å². The normalized spacial score (nSPS) is 20.9. The number of aliphatic imine (C=N–C) groups is 1. The molecule has 2 fully saturated rings. The SMILES string of the molecule is CC(=O)O.NC(=O)CCC1NC(=O)C(Cc2ccccc2)NC(=O)[C@H](Cc2ccc(O)cc2)NC(=O)CCSSC[C@@H](C(=O)N2CCC[C@H]2C(=O)NC(CCCN=C(N)N)C(=O)NCC(N)=O)NC(=O)[C@H](CC(N)=O)NC1=O. The van der Waals surface area contributed by atoms with E-state index in [9.17, 15) is 57.8 Å². The number of carboxylic acids is 1. The number of likely N-dealkylation sites (tertiary alicyclic amines) is 1. The molecule has 0 bridgehead atoms. The van der Waals surface area contributed by atoms with Crippen LogP contribution in [0.4, 0.5) is 0 Å². The predicted molar refractivity (Wildman–Crippen MR) is 285 cm³/mol. The molecule has 19 N–H and O–H groups in total. The molecule has 0 radical (unpaired) electrons. The van der Waals surface area contributed by atoms with E-state index in [1.165, 1.54) is 17.0 Å². The van der Waals surface area contributed by atoms with Crippen LogP contribution in [0.15, 0.2) is 59.6 Å². The molecular weight excluding hydrogens is 1060 g/mol. The fourth-order valence-electron chi connectivity index (χ4n) is 7.78. The lowest BCUT2D eigenvalue weighted by atomic mass is 10.0. The lowest BCUT2D eigenvalue weighted by Crippen LogP contribution is -2.61. The zero-order chi connectivity index (χ0) is 57.9. The van der Waals surface area contributed by atoms with E-state index in [0.29, 0.717) is 17.5 Å². The Balaban J connectivity index is 0.00000386. The average Bonchev–Trinajstić information content (AvgIpc) is 3.89. The second-order valence-corrected chi connectivity index (χ2v) is 20.5. The average molecular weight is 1130 g/mol. The third-order valence-corrected chi connectivity index (χ3v) is 13.9. The van der Waals surface area contributed by atoms with E-state index in [1.807, 2.05) is 0 Å². The van der Waals surface area contributed by atoms with Gasteiger partial charge in [-0.3, -0.25) is 62.5 Å². The fraction of sp³-hybridized carbons (Fsp3) is 0.479. The summed E-state index contributed by atoms with van der Waals surface area (Å²) in [4.78, 5) is 162. The third-order valence-electron chi connectivity index (χ3n) is 11.5. The number of nitrogens with two attached hydrogens (primary N) is 5. The Morgan fingerprint density at radius 2 is 1.32 bits per heavy atom. The molecule has 3 unspecified atom stereocenters. The van der Waals surface area contributed by atoms with Crippen LogP contribution in [-0.2, 0) is 70.4 Å². The lowest BCUT2D eigenvalue weighted by molar-refractivity contribution is -0.142. The van der Waals surface area contributed by atoms with Crippen molar-refractivity contribution in [3.8, 4) is 5.75 Å². The molecule has 2 heterocycles. The molecule has 30 heteroatoms. The summed E-state index contributed by atoms with van der Waals surface area (Å²) in [5.41, 5.74) is 28.1. The fourth-order valence-corrected chi connectivity index (χ4v) is 9.93. The minimum atomic E-state index is -1.77. The van der Waals surface area contributed by atoms with E-state index in [-0.39, 0.29) is 74.8 Å². The number of carbonyl (C=O) groups excluding carboxylic acids is 11. The standard InChI is InChI=1S/C46H64N14O12S2.C2H4O2/c47-35(62)15-14-29-40(67)58-32(22-36(48)63)43(70)59-33(45(72)60-18-5-9-34(60)44(71)56-28(8-4-17-52-46(50)51)39(66)53-23-37(49)64)24-74-73-19-16-38(65)54-30(21-26-10-12-27(61)13-11-26)41(68)57-31(42(69)55-29)20-25-6-2-1-3-7-25;1-2(3)4/h1-3,6-7,10-13,28-34,61H,4-5,8-9,14-24H2,(H2,47,62)(H2,48,63)(H2,49,64)(H,53,66)(H,54,65)(H,55,69)(H,56,71)(H,57,68)(H,58,67)(H,59,70)(H4,50,51,52);1H3,(H,3,4)/t28?,29?,30-,31?,32-,33-,34-;/m0./s1. The summed E-state index contributed by atoms with van der Waals surface area (Å²) in [6.07, 6.45) is -1.34. The largest absolute Gasteiger partial charge is 0.508 e. The van der Waals surface area contributed by atoms with Gasteiger partial charge in [-0.1, -0.05) is 64.1 Å². The summed E-state index contributed by atoms with van der Waals surface area (Å²) in [6.45, 7) is 0.682. The third kappa shape index (κ3) is 23.8. The van der Waals surface area contributed by atoms with E-state index in [4.69, 9.17) is 38.6 Å². The number of nitrogens with zero attached hydrogens (tertiary/aromatic N) is 2. The number of aliphatic carboxylic acids is 1. The first-order valence-electron chi connectivity index (χ1n) is 24.5. The molecule has 4 rings (SSSR count). The number of amides is 11. The molecular formula is C48H68N14O14S2. The summed E-state index contributed by atoms with van der Waals surface area (Å²) in [7, 11) is 2.19. The van der Waals surface area contributed by atoms with Gasteiger partial charge in [0.05, 0.1) is 13.0 Å². The van der Waals surface area contributed by atoms with Gasteiger partial charge in [-0.15, -0.1) is 0 Å². The van der Waals surface area contributed by atoms with Crippen LogP contribution < -0.4 is 65.9 Å². The van der Waals surface area contributed by atoms with Gasteiger partial charge < -0.3 is 81.0 Å². The molecule has 11 amide bonds. The summed E-state index contributed by atoms with van der Waals surface area (Å²) in [6, 6.07) is 4.52. The molecule has 7 atom stereocenters. The van der Waals surface area contributed by atoms with Crippen LogP contribution >= 0.6 is 21.6 Å². The van der Waals surface area contributed by atoms with Gasteiger partial charge in [0.15, 0.2) is 5.96 Å². The highest BCUT2D eigenvalue weighted by molar-refractivity contribution is 8.76. The van der Waals surface area contributed by atoms with Crippen molar-refractivity contribution in [3.05, 3.63) is 65.7 Å². The van der Waals surface area contributed by atoms with Crippen molar-refractivity contribution in [3.63, 3.8) is 0 Å². The summed E-state index contributed by atoms with van der Waals surface area (Å²) in [5, 5.41) is 35.2. The Morgan fingerprint density at radius 3 is 1.92 bits per heavy atom. The zero-order valence-electron chi connectivity index (χ0n) is 42.7. The van der Waals surface area contributed by atoms with Crippen molar-refractivity contribution < 1.29 is 67.7 Å². The second kappa shape index (κ2) is 33.1. The first-order chi connectivity index (χ1) is 36.9. The number of rotatable bonds is 19. The van der Waals surface area contributed by atoms with Crippen LogP contribution in [0, 0.1) is 0 Å². The molecule has 2 aliphatic heterocycles. The van der Waals surface area contributed by atoms with Gasteiger partial charge in [-0.2, -0.15) is 0 Å². The number of carbonyl (C=O) groups is 12. The van der Waals surface area contributed by atoms with Crippen LogP contribution in [0.2, 0.25) is 0 Å². The van der Waals surface area contributed by atoms with E-state index < -0.39 is 139 Å². The topological polar surface area (TPSA) is 475 Å². The number of hydrogen-bond donors (Lipinski definition) is 14. The molecule has 2 saturated heterocycles. The summed E-state index contributed by atoms with van der Waals surface area (Å²) < 4.78 is 0. The smallest absolute Gasteiger partial charge is 0.300 e. The van der Waals surface area contributed by atoms with Gasteiger partial charge in [0.2, 0.25) is 65.0 Å². The van der Waals surface area contributed by atoms with Crippen LogP contribution in [0.25, 0.3) is 0 Å². The van der Waals surface area contributed by atoms with E-state index >= 15 is 0 Å². The first kappa shape index (κ1) is 64.1. The first-order valence-corrected chi connectivity index (χ1v) is 27.0. The van der Waals surface area contributed by atoms with Crippen molar-refractivity contribution in [1.82, 2.24) is 42.1 Å². The maximum atomic E-state index is 14.6. The number of aromatic hydroxyl groups is 1. The van der Waals surface area contributed by atoms with Gasteiger partial charge >= 0.3 is 0 Å². The number of hydrogen-bond acceptors (Lipinski definition) is 16. The molecule has 0 spiro atoms. The Bertz CT molecular complexity index is 2480. The van der Waals surface area contributed by atoms with E-state index in [1.54, 1.807) is 42.5 Å². The van der Waals surface area contributed by atoms with Gasteiger partial charge in [-0.05, 0) is 55.4 Å². The number of phenolic OH excluding ortho intramolecular Hbond substituents is 1. The molecule has 2 aromatic carbocycles. The number of guanidine groups is 1. The maximum absolute atomic E-state index is 14.6. The minimum Gasteiger partial charge on any atom is -0.508 e. The summed E-state index contributed by atoms with van der Waals surface area (Å²) >= 11 is 0. The van der Waals surface area contributed by atoms with Crippen molar-refractivity contribution in [2.45, 2.75) is 113 Å². The van der Waals surface area contributed by atoms with Gasteiger partial charge in [0, 0.05) is 57.2 Å². The quantitative estimate of drug-likeness (QED) is 0.0274. The Hall–Kier alpha value is -8.15. The second-order valence-electron chi connectivity index (χ2n) is 17.9. The van der Waals surface area contributed by atoms with Gasteiger partial charge in [-0.25, -0.2) is 0 Å². The lowest BCUT2D eigenvalue weighted by Gasteiger charge is -2.31. The van der Waals surface area contributed by atoms with Crippen LogP contribution in [0.5, 0.6) is 5.75 Å². The molecule has 0 aliphatic carbocycles. The van der Waals surface area contributed by atoms with Crippen molar-refractivity contribution in [2.75, 3.05) is 31.1 Å². The number of primary amides is 3. The van der Waals surface area contributed by atoms with Crippen LogP contribution in [-0.4, -0.2) is 165 Å². The maximum Gasteiger partial charge on any atom is 0.300 e. The van der Waals surface area contributed by atoms with Crippen molar-refractivity contribution in [2.24, 2.45) is 33.7 Å². The Kier molecular flexibility index (Phi) is 27.2. The highest BCUT2D eigenvalue weighted by Gasteiger charge is 2.40. The predicted octanol–water partition coefficient (Wildman–Crippen LogP) is -4.25. The number of nitrogens with one attached hydrogen (secondary N) is 7. The monoisotopic (exact) mass is 1130 g/mol. The van der Waals surface area contributed by atoms with Crippen molar-refractivity contribution >= 4 is 98.5 Å². The molecule has 2 aliphatic rings. The van der Waals surface area contributed by atoms with Crippen LogP contribution in [0.3, 0.4) is 0 Å². The molecule has 78 heavy (non-hydrogen) atoms. The highest BCUT2D eigenvalue weighted by atomic mass is 33.1. The van der Waals surface area contributed by atoms with Crippen molar-refractivity contribution in [1.29, 1.82) is 0 Å². The molecule has 28 nitrogen and oxygen atoms in total. The summed E-state index contributed by atoms with van der Waals surface area (Å²) in [5.74, 6) is -10.6. The number of carboxylic acid groups (broad SMARTS) is 1. The van der Waals surface area contributed by atoms with E-state index in [0.717, 1.165) is 28.5 Å². The molecule has 0 aromatic heterocycles. The van der Waals surface area contributed by atoms with Crippen LogP contribution in [0.1, 0.15) is 69.4 Å². The Labute approximate surface area is 456 Å². The molecule has 2 aromatic rings. The number of phenols is 1. The minimum absolute atomic E-state index is 0.0128. The molecule has 0 saturated carbocycles. The zero-order valence-corrected chi connectivity index (χ0v) is 44.4. The molecule has 426 valence electrons. The number of benzene rings is 2.